The summed E-state index contributed by atoms with van der Waals surface area (Å²) >= 11 is 1.43. The molecule has 0 bridgehead atoms. The van der Waals surface area contributed by atoms with E-state index in [0.29, 0.717) is 10.8 Å². The van der Waals surface area contributed by atoms with Gasteiger partial charge in [0.1, 0.15) is 11.4 Å². The summed E-state index contributed by atoms with van der Waals surface area (Å²) in [5, 5.41) is 20.6. The van der Waals surface area contributed by atoms with Crippen LogP contribution in [0.25, 0.3) is 0 Å². The number of benzene rings is 1. The molecule has 0 amide bonds. The van der Waals surface area contributed by atoms with Crippen molar-refractivity contribution < 1.29 is 5.11 Å². The third kappa shape index (κ3) is 3.33. The second-order valence-electron chi connectivity index (χ2n) is 4.32. The van der Waals surface area contributed by atoms with Crippen molar-refractivity contribution in [3.8, 4) is 5.75 Å². The van der Waals surface area contributed by atoms with Crippen molar-refractivity contribution in [2.24, 2.45) is 10.2 Å². The molecule has 0 aliphatic rings. The van der Waals surface area contributed by atoms with Gasteiger partial charge in [0.15, 0.2) is 0 Å². The molecule has 5 nitrogen and oxygen atoms in total. The molecule has 0 saturated heterocycles. The maximum absolute atomic E-state index is 10.0. The first-order chi connectivity index (χ1) is 9.63. The van der Waals surface area contributed by atoms with Crippen molar-refractivity contribution in [2.75, 3.05) is 18.0 Å². The number of rotatable bonds is 5. The highest BCUT2D eigenvalue weighted by Gasteiger charge is 2.06. The summed E-state index contributed by atoms with van der Waals surface area (Å²) in [6.45, 7) is 7.87. The smallest absolute Gasteiger partial charge is 0.230 e. The lowest BCUT2D eigenvalue weighted by Crippen LogP contribution is -2.21. The van der Waals surface area contributed by atoms with Gasteiger partial charge in [0.2, 0.25) is 5.13 Å². The number of phenols is 1. The fourth-order valence-corrected chi connectivity index (χ4v) is 2.48. The summed E-state index contributed by atoms with van der Waals surface area (Å²) in [5.41, 5.74) is 2.36. The van der Waals surface area contributed by atoms with E-state index in [9.17, 15) is 5.11 Å². The zero-order chi connectivity index (χ0) is 14.5. The lowest BCUT2D eigenvalue weighted by atomic mass is 10.2. The monoisotopic (exact) mass is 290 g/mol. The van der Waals surface area contributed by atoms with E-state index < -0.39 is 0 Å². The molecule has 1 aromatic heterocycles. The van der Waals surface area contributed by atoms with E-state index in [1.54, 1.807) is 12.1 Å². The Morgan fingerprint density at radius 1 is 1.25 bits per heavy atom. The van der Waals surface area contributed by atoms with Gasteiger partial charge in [-0.2, -0.15) is 0 Å². The van der Waals surface area contributed by atoms with Gasteiger partial charge in [-0.3, -0.25) is 0 Å². The SMILES string of the molecule is CCN(CC)c1ccc(N=Nc2nc(C)cs2)c(O)c1. The van der Waals surface area contributed by atoms with Crippen LogP contribution in [-0.4, -0.2) is 23.2 Å². The fourth-order valence-electron chi connectivity index (χ4n) is 1.87. The van der Waals surface area contributed by atoms with Gasteiger partial charge in [-0.25, -0.2) is 4.98 Å². The molecule has 0 saturated carbocycles. The van der Waals surface area contributed by atoms with Gasteiger partial charge in [0, 0.05) is 30.2 Å². The largest absolute Gasteiger partial charge is 0.506 e. The number of hydrogen-bond acceptors (Lipinski definition) is 6. The Labute approximate surface area is 122 Å². The average Bonchev–Trinajstić information content (AvgIpc) is 2.85. The highest BCUT2D eigenvalue weighted by Crippen LogP contribution is 2.32. The summed E-state index contributed by atoms with van der Waals surface area (Å²) in [6.07, 6.45) is 0. The minimum Gasteiger partial charge on any atom is -0.506 e. The molecule has 0 unspecified atom stereocenters. The molecule has 0 atom stereocenters. The number of anilines is 1. The number of nitrogens with zero attached hydrogens (tertiary/aromatic N) is 4. The first kappa shape index (κ1) is 14.5. The zero-order valence-corrected chi connectivity index (χ0v) is 12.7. The second kappa shape index (κ2) is 6.47. The number of hydrogen-bond donors (Lipinski definition) is 1. The van der Waals surface area contributed by atoms with Crippen LogP contribution in [0, 0.1) is 6.92 Å². The van der Waals surface area contributed by atoms with Crippen LogP contribution < -0.4 is 4.90 Å². The van der Waals surface area contributed by atoms with Crippen LogP contribution >= 0.6 is 11.3 Å². The molecule has 2 rings (SSSR count). The number of aromatic hydroxyl groups is 1. The molecule has 0 fully saturated rings. The van der Waals surface area contributed by atoms with Crippen molar-refractivity contribution in [3.63, 3.8) is 0 Å². The Morgan fingerprint density at radius 2 is 2.00 bits per heavy atom. The molecule has 1 aromatic carbocycles. The Balaban J connectivity index is 2.19. The van der Waals surface area contributed by atoms with E-state index in [1.807, 2.05) is 18.4 Å². The van der Waals surface area contributed by atoms with Gasteiger partial charge >= 0.3 is 0 Å². The van der Waals surface area contributed by atoms with Crippen LogP contribution in [0.2, 0.25) is 0 Å². The molecule has 0 aliphatic heterocycles. The van der Waals surface area contributed by atoms with Crippen LogP contribution in [0.4, 0.5) is 16.5 Å². The van der Waals surface area contributed by atoms with Gasteiger partial charge in [-0.15, -0.1) is 21.6 Å². The molecule has 1 heterocycles. The van der Waals surface area contributed by atoms with Crippen LogP contribution in [0.3, 0.4) is 0 Å². The average molecular weight is 290 g/mol. The first-order valence-corrected chi connectivity index (χ1v) is 7.43. The summed E-state index contributed by atoms with van der Waals surface area (Å²) < 4.78 is 0. The van der Waals surface area contributed by atoms with Crippen molar-refractivity contribution >= 4 is 27.8 Å². The first-order valence-electron chi connectivity index (χ1n) is 6.55. The van der Waals surface area contributed by atoms with Gasteiger partial charge in [0.25, 0.3) is 0 Å². The van der Waals surface area contributed by atoms with Crippen molar-refractivity contribution in [1.82, 2.24) is 4.98 Å². The predicted octanol–water partition coefficient (Wildman–Crippen LogP) is 4.42. The third-order valence-electron chi connectivity index (χ3n) is 2.94. The standard InChI is InChI=1S/C14H18N4OS/c1-4-18(5-2)11-6-7-12(13(19)8-11)16-17-14-15-10(3)9-20-14/h6-9,19H,4-5H2,1-3H3. The Morgan fingerprint density at radius 3 is 2.55 bits per heavy atom. The quantitative estimate of drug-likeness (QED) is 0.829. The summed E-state index contributed by atoms with van der Waals surface area (Å²) in [4.78, 5) is 6.35. The maximum atomic E-state index is 10.0. The van der Waals surface area contributed by atoms with Crippen molar-refractivity contribution in [3.05, 3.63) is 29.3 Å². The summed E-state index contributed by atoms with van der Waals surface area (Å²) in [7, 11) is 0. The normalized spacial score (nSPS) is 11.2. The molecule has 2 aromatic rings. The van der Waals surface area contributed by atoms with Gasteiger partial charge in [-0.05, 0) is 32.9 Å². The topological polar surface area (TPSA) is 61.1 Å². The van der Waals surface area contributed by atoms with Gasteiger partial charge < -0.3 is 10.0 Å². The van der Waals surface area contributed by atoms with E-state index in [-0.39, 0.29) is 5.75 Å². The van der Waals surface area contributed by atoms with Gasteiger partial charge in [0.05, 0.1) is 5.69 Å². The molecular formula is C14H18N4OS. The lowest BCUT2D eigenvalue weighted by molar-refractivity contribution is 0.476. The highest BCUT2D eigenvalue weighted by atomic mass is 32.1. The van der Waals surface area contributed by atoms with Crippen LogP contribution in [0.1, 0.15) is 19.5 Å². The predicted molar refractivity (Wildman–Crippen MR) is 82.7 cm³/mol. The molecular weight excluding hydrogens is 272 g/mol. The number of aryl methyl sites for hydroxylation is 1. The van der Waals surface area contributed by atoms with Crippen molar-refractivity contribution in [2.45, 2.75) is 20.8 Å². The van der Waals surface area contributed by atoms with E-state index in [0.717, 1.165) is 24.5 Å². The van der Waals surface area contributed by atoms with Crippen molar-refractivity contribution in [1.29, 1.82) is 0 Å². The summed E-state index contributed by atoms with van der Waals surface area (Å²) in [5.74, 6) is 0.131. The molecule has 0 aliphatic carbocycles. The van der Waals surface area contributed by atoms with E-state index in [2.05, 4.69) is 34.0 Å². The Bertz CT molecular complexity index is 605. The van der Waals surface area contributed by atoms with E-state index in [4.69, 9.17) is 0 Å². The Kier molecular flexibility index (Phi) is 4.68. The van der Waals surface area contributed by atoms with E-state index in [1.165, 1.54) is 11.3 Å². The maximum Gasteiger partial charge on any atom is 0.230 e. The number of aromatic nitrogens is 1. The molecule has 6 heteroatoms. The molecule has 106 valence electrons. The minimum absolute atomic E-state index is 0.131. The zero-order valence-electron chi connectivity index (χ0n) is 11.9. The number of phenolic OH excluding ortho intramolecular Hbond substituents is 1. The molecule has 1 N–H and O–H groups in total. The van der Waals surface area contributed by atoms with E-state index >= 15 is 0 Å². The van der Waals surface area contributed by atoms with Crippen LogP contribution in [0.15, 0.2) is 33.8 Å². The molecule has 0 radical (unpaired) electrons. The number of thiazole rings is 1. The molecule has 0 spiro atoms. The minimum atomic E-state index is 0.131. The Hall–Kier alpha value is -1.95. The summed E-state index contributed by atoms with van der Waals surface area (Å²) in [6, 6.07) is 5.43. The lowest BCUT2D eigenvalue weighted by Gasteiger charge is -2.21. The highest BCUT2D eigenvalue weighted by molar-refractivity contribution is 7.13. The third-order valence-corrected chi connectivity index (χ3v) is 3.78. The fraction of sp³-hybridized carbons (Fsp3) is 0.357. The molecule has 20 heavy (non-hydrogen) atoms. The van der Waals surface area contributed by atoms with Gasteiger partial charge in [-0.1, -0.05) is 0 Å². The van der Waals surface area contributed by atoms with Crippen LogP contribution in [-0.2, 0) is 0 Å². The number of azo groups is 1. The second-order valence-corrected chi connectivity index (χ2v) is 5.15. The van der Waals surface area contributed by atoms with Crippen LogP contribution in [0.5, 0.6) is 5.75 Å².